The molecule has 8 heteroatoms. The normalized spacial score (nSPS) is 14.4. The minimum absolute atomic E-state index is 0.169. The van der Waals surface area contributed by atoms with E-state index in [2.05, 4.69) is 20.2 Å². The van der Waals surface area contributed by atoms with E-state index in [4.69, 9.17) is 9.47 Å². The zero-order valence-corrected chi connectivity index (χ0v) is 18.6. The molecule has 1 aliphatic heterocycles. The van der Waals surface area contributed by atoms with Gasteiger partial charge in [-0.05, 0) is 43.2 Å². The maximum atomic E-state index is 12.8. The maximum Gasteiger partial charge on any atom is 0.257 e. The fraction of sp³-hybridized carbons (Fsp3) is 0.348. The first-order valence-corrected chi connectivity index (χ1v) is 11.2. The van der Waals surface area contributed by atoms with Gasteiger partial charge in [0.1, 0.15) is 12.4 Å². The van der Waals surface area contributed by atoms with Gasteiger partial charge in [0.15, 0.2) is 5.13 Å². The number of nitrogens with zero attached hydrogens (tertiary/aromatic N) is 3. The van der Waals surface area contributed by atoms with Crippen LogP contribution in [-0.4, -0.2) is 47.1 Å². The van der Waals surface area contributed by atoms with Crippen molar-refractivity contribution >= 4 is 22.4 Å². The van der Waals surface area contributed by atoms with E-state index in [9.17, 15) is 4.79 Å². The van der Waals surface area contributed by atoms with Crippen LogP contribution >= 0.6 is 11.3 Å². The maximum absolute atomic E-state index is 12.8. The first kappa shape index (κ1) is 21.4. The molecule has 1 fully saturated rings. The van der Waals surface area contributed by atoms with Crippen LogP contribution in [0.2, 0.25) is 0 Å². The van der Waals surface area contributed by atoms with Gasteiger partial charge in [-0.15, -0.1) is 11.3 Å². The molecule has 1 aromatic carbocycles. The van der Waals surface area contributed by atoms with Gasteiger partial charge in [-0.25, -0.2) is 4.98 Å². The van der Waals surface area contributed by atoms with Crippen molar-refractivity contribution in [2.75, 3.05) is 31.6 Å². The van der Waals surface area contributed by atoms with Crippen molar-refractivity contribution in [2.24, 2.45) is 0 Å². The number of benzene rings is 1. The number of aromatic nitrogens is 2. The molecule has 162 valence electrons. The number of rotatable bonds is 7. The number of pyridine rings is 1. The summed E-state index contributed by atoms with van der Waals surface area (Å²) in [4.78, 5) is 23.8. The van der Waals surface area contributed by atoms with Crippen molar-refractivity contribution in [1.29, 1.82) is 0 Å². The molecule has 0 spiro atoms. The topological polar surface area (TPSA) is 76.6 Å². The van der Waals surface area contributed by atoms with Gasteiger partial charge in [0.05, 0.1) is 18.9 Å². The molecule has 0 radical (unpaired) electrons. The van der Waals surface area contributed by atoms with Crippen molar-refractivity contribution in [3.63, 3.8) is 0 Å². The Labute approximate surface area is 186 Å². The van der Waals surface area contributed by atoms with Gasteiger partial charge in [0.25, 0.3) is 5.91 Å². The molecule has 2 aromatic heterocycles. The quantitative estimate of drug-likeness (QED) is 0.604. The Balaban J connectivity index is 1.38. The van der Waals surface area contributed by atoms with Gasteiger partial charge in [-0.2, -0.15) is 0 Å². The van der Waals surface area contributed by atoms with Crippen LogP contribution in [0, 0.1) is 13.8 Å². The van der Waals surface area contributed by atoms with Crippen LogP contribution in [0.25, 0.3) is 0 Å². The Hall–Kier alpha value is -2.81. The molecule has 1 amide bonds. The van der Waals surface area contributed by atoms with Gasteiger partial charge >= 0.3 is 0 Å². The number of aryl methyl sites for hydroxylation is 2. The van der Waals surface area contributed by atoms with Crippen molar-refractivity contribution < 1.29 is 14.3 Å². The van der Waals surface area contributed by atoms with Crippen LogP contribution < -0.4 is 10.1 Å². The summed E-state index contributed by atoms with van der Waals surface area (Å²) in [5.74, 6) is 0.625. The molecular formula is C23H26N4O3S. The van der Waals surface area contributed by atoms with Crippen LogP contribution in [0.4, 0.5) is 5.13 Å². The Kier molecular flexibility index (Phi) is 6.91. The predicted molar refractivity (Wildman–Crippen MR) is 121 cm³/mol. The van der Waals surface area contributed by atoms with Crippen LogP contribution in [0.5, 0.6) is 5.75 Å². The lowest BCUT2D eigenvalue weighted by atomic mass is 10.1. The van der Waals surface area contributed by atoms with Crippen LogP contribution in [0.15, 0.2) is 42.0 Å². The third-order valence-corrected chi connectivity index (χ3v) is 5.90. The number of hydrogen-bond donors (Lipinski definition) is 1. The number of carbonyl (C=O) groups is 1. The monoisotopic (exact) mass is 438 g/mol. The van der Waals surface area contributed by atoms with Crippen molar-refractivity contribution in [3.05, 3.63) is 70.0 Å². The molecule has 31 heavy (non-hydrogen) atoms. The Morgan fingerprint density at radius 2 is 2.03 bits per heavy atom. The predicted octanol–water partition coefficient (Wildman–Crippen LogP) is 3.82. The summed E-state index contributed by atoms with van der Waals surface area (Å²) in [6.07, 6.45) is 3.52. The second-order valence-electron chi connectivity index (χ2n) is 7.58. The highest BCUT2D eigenvalue weighted by molar-refractivity contribution is 7.14. The summed E-state index contributed by atoms with van der Waals surface area (Å²) >= 11 is 1.45. The van der Waals surface area contributed by atoms with Gasteiger partial charge in [0.2, 0.25) is 0 Å². The summed E-state index contributed by atoms with van der Waals surface area (Å²) in [5, 5.41) is 5.53. The van der Waals surface area contributed by atoms with E-state index in [-0.39, 0.29) is 5.91 Å². The second-order valence-corrected chi connectivity index (χ2v) is 8.43. The average Bonchev–Trinajstić information content (AvgIpc) is 3.21. The van der Waals surface area contributed by atoms with Crippen molar-refractivity contribution in [1.82, 2.24) is 14.9 Å². The van der Waals surface area contributed by atoms with Gasteiger partial charge in [-0.3, -0.25) is 20.0 Å². The minimum atomic E-state index is -0.169. The minimum Gasteiger partial charge on any atom is -0.488 e. The standard InChI is InChI=1S/C23H26N4O3S/c1-16-10-19(11-17(2)21(16)30-14-18-4-3-5-24-12-18)22(28)26-23-25-20(15-31-23)13-27-6-8-29-9-7-27/h3-5,10-12,15H,6-9,13-14H2,1-2H3,(H,25,26,28). The third-order valence-electron chi connectivity index (χ3n) is 5.09. The highest BCUT2D eigenvalue weighted by Gasteiger charge is 2.16. The SMILES string of the molecule is Cc1cc(C(=O)Nc2nc(CN3CCOCC3)cs2)cc(C)c1OCc1cccnc1. The molecule has 0 unspecified atom stereocenters. The summed E-state index contributed by atoms with van der Waals surface area (Å²) in [6.45, 7) is 8.45. The molecule has 3 heterocycles. The molecule has 1 saturated heterocycles. The Bertz CT molecular complexity index is 1010. The summed E-state index contributed by atoms with van der Waals surface area (Å²) in [6, 6.07) is 7.56. The zero-order chi connectivity index (χ0) is 21.6. The van der Waals surface area contributed by atoms with Gasteiger partial charge in [-0.1, -0.05) is 6.07 Å². The Morgan fingerprint density at radius 3 is 2.74 bits per heavy atom. The lowest BCUT2D eigenvalue weighted by molar-refractivity contribution is 0.0337. The number of hydrogen-bond acceptors (Lipinski definition) is 7. The fourth-order valence-electron chi connectivity index (χ4n) is 3.54. The van der Waals surface area contributed by atoms with Crippen molar-refractivity contribution in [2.45, 2.75) is 27.0 Å². The van der Waals surface area contributed by atoms with E-state index in [0.29, 0.717) is 17.3 Å². The summed E-state index contributed by atoms with van der Waals surface area (Å²) < 4.78 is 11.4. The number of carbonyl (C=O) groups excluding carboxylic acids is 1. The van der Waals surface area contributed by atoms with Crippen molar-refractivity contribution in [3.8, 4) is 5.75 Å². The summed E-state index contributed by atoms with van der Waals surface area (Å²) in [5.41, 5.74) is 4.39. The van der Waals surface area contributed by atoms with Crippen LogP contribution in [0.1, 0.15) is 32.7 Å². The van der Waals surface area contributed by atoms with Crippen LogP contribution in [-0.2, 0) is 17.9 Å². The fourth-order valence-corrected chi connectivity index (χ4v) is 4.24. The van der Waals surface area contributed by atoms with Gasteiger partial charge < -0.3 is 9.47 Å². The van der Waals surface area contributed by atoms with E-state index in [0.717, 1.165) is 61.0 Å². The number of amides is 1. The molecule has 0 saturated carbocycles. The lowest BCUT2D eigenvalue weighted by Crippen LogP contribution is -2.35. The zero-order valence-electron chi connectivity index (χ0n) is 17.8. The van der Waals surface area contributed by atoms with E-state index >= 15 is 0 Å². The van der Waals surface area contributed by atoms with Gasteiger partial charge in [0, 0.05) is 48.5 Å². The number of ether oxygens (including phenoxy) is 2. The molecule has 1 N–H and O–H groups in total. The molecule has 0 bridgehead atoms. The van der Waals surface area contributed by atoms with E-state index in [1.54, 1.807) is 12.4 Å². The van der Waals surface area contributed by atoms with E-state index in [1.807, 2.05) is 43.5 Å². The molecule has 0 atom stereocenters. The van der Waals surface area contributed by atoms with E-state index in [1.165, 1.54) is 11.3 Å². The number of thiazole rings is 1. The molecule has 7 nitrogen and oxygen atoms in total. The molecule has 4 rings (SSSR count). The Morgan fingerprint density at radius 1 is 1.26 bits per heavy atom. The second kappa shape index (κ2) is 10.00. The molecule has 3 aromatic rings. The van der Waals surface area contributed by atoms with E-state index < -0.39 is 0 Å². The first-order chi connectivity index (χ1) is 15.1. The smallest absolute Gasteiger partial charge is 0.257 e. The first-order valence-electron chi connectivity index (χ1n) is 10.3. The van der Waals surface area contributed by atoms with Crippen LogP contribution in [0.3, 0.4) is 0 Å². The molecular weight excluding hydrogens is 412 g/mol. The summed E-state index contributed by atoms with van der Waals surface area (Å²) in [7, 11) is 0. The number of nitrogens with one attached hydrogen (secondary N) is 1. The average molecular weight is 439 g/mol. The lowest BCUT2D eigenvalue weighted by Gasteiger charge is -2.25. The number of morpholine rings is 1. The molecule has 1 aliphatic rings. The largest absolute Gasteiger partial charge is 0.488 e. The number of anilines is 1. The highest BCUT2D eigenvalue weighted by atomic mass is 32.1. The third kappa shape index (κ3) is 5.66. The highest BCUT2D eigenvalue weighted by Crippen LogP contribution is 2.27. The molecule has 0 aliphatic carbocycles.